The summed E-state index contributed by atoms with van der Waals surface area (Å²) in [5.41, 5.74) is 6.36. The molecule has 1 atom stereocenters. The molecule has 0 saturated heterocycles. The SMILES string of the molecule is Cc1ccc(Br)cc1S(=O)(=O)NC(CN)CC(C)C.Cl. The highest BCUT2D eigenvalue weighted by atomic mass is 79.9. The van der Waals surface area contributed by atoms with E-state index >= 15 is 0 Å². The second-order valence-corrected chi connectivity index (χ2v) is 7.69. The van der Waals surface area contributed by atoms with Gasteiger partial charge in [0.25, 0.3) is 0 Å². The molecule has 0 aliphatic rings. The molecule has 0 saturated carbocycles. The summed E-state index contributed by atoms with van der Waals surface area (Å²) in [5, 5.41) is 0. The van der Waals surface area contributed by atoms with Crippen LogP contribution in [0.5, 0.6) is 0 Å². The van der Waals surface area contributed by atoms with Crippen LogP contribution in [0.3, 0.4) is 0 Å². The molecule has 0 radical (unpaired) electrons. The van der Waals surface area contributed by atoms with Crippen molar-refractivity contribution in [2.24, 2.45) is 11.7 Å². The lowest BCUT2D eigenvalue weighted by atomic mass is 10.1. The Morgan fingerprint density at radius 3 is 2.45 bits per heavy atom. The second-order valence-electron chi connectivity index (χ2n) is 5.09. The van der Waals surface area contributed by atoms with Crippen LogP contribution >= 0.6 is 28.3 Å². The summed E-state index contributed by atoms with van der Waals surface area (Å²) in [6.45, 7) is 6.16. The van der Waals surface area contributed by atoms with E-state index in [1.165, 1.54) is 0 Å². The van der Waals surface area contributed by atoms with Crippen molar-refractivity contribution < 1.29 is 8.42 Å². The van der Waals surface area contributed by atoms with Gasteiger partial charge in [-0.2, -0.15) is 0 Å². The maximum absolute atomic E-state index is 12.4. The van der Waals surface area contributed by atoms with Crippen molar-refractivity contribution in [2.75, 3.05) is 6.54 Å². The smallest absolute Gasteiger partial charge is 0.241 e. The number of rotatable bonds is 6. The fraction of sp³-hybridized carbons (Fsp3) is 0.538. The molecule has 0 aliphatic carbocycles. The standard InChI is InChI=1S/C13H21BrN2O2S.ClH/c1-9(2)6-12(8-15)16-19(17,18)13-7-11(14)5-4-10(13)3;/h4-5,7,9,12,16H,6,8,15H2,1-3H3;1H. The Morgan fingerprint density at radius 2 is 1.95 bits per heavy atom. The Bertz CT molecular complexity index is 535. The van der Waals surface area contributed by atoms with Gasteiger partial charge in [-0.05, 0) is 37.0 Å². The van der Waals surface area contributed by atoms with Gasteiger partial charge in [-0.1, -0.05) is 35.8 Å². The molecule has 0 aromatic heterocycles. The Hall–Kier alpha value is -0.140. The predicted octanol–water partition coefficient (Wildman–Crippen LogP) is 2.83. The largest absolute Gasteiger partial charge is 0.329 e. The van der Waals surface area contributed by atoms with E-state index in [0.29, 0.717) is 17.4 Å². The molecule has 20 heavy (non-hydrogen) atoms. The van der Waals surface area contributed by atoms with Gasteiger partial charge in [0.1, 0.15) is 0 Å². The second kappa shape index (κ2) is 8.34. The maximum atomic E-state index is 12.4. The van der Waals surface area contributed by atoms with E-state index in [2.05, 4.69) is 20.7 Å². The van der Waals surface area contributed by atoms with Crippen molar-refractivity contribution in [3.8, 4) is 0 Å². The van der Waals surface area contributed by atoms with Crippen LogP contribution in [0.15, 0.2) is 27.6 Å². The number of halogens is 2. The van der Waals surface area contributed by atoms with Crippen LogP contribution in [0.1, 0.15) is 25.8 Å². The molecule has 3 N–H and O–H groups in total. The minimum Gasteiger partial charge on any atom is -0.329 e. The summed E-state index contributed by atoms with van der Waals surface area (Å²) in [5.74, 6) is 0.389. The van der Waals surface area contributed by atoms with Gasteiger partial charge in [0.05, 0.1) is 4.90 Å². The number of benzene rings is 1. The average molecular weight is 386 g/mol. The van der Waals surface area contributed by atoms with Crippen LogP contribution in [0.25, 0.3) is 0 Å². The summed E-state index contributed by atoms with van der Waals surface area (Å²) >= 11 is 3.30. The van der Waals surface area contributed by atoms with E-state index in [1.807, 2.05) is 19.9 Å². The number of nitrogens with one attached hydrogen (secondary N) is 1. The van der Waals surface area contributed by atoms with Gasteiger partial charge in [0, 0.05) is 17.1 Å². The molecular weight excluding hydrogens is 364 g/mol. The highest BCUT2D eigenvalue weighted by Crippen LogP contribution is 2.21. The highest BCUT2D eigenvalue weighted by Gasteiger charge is 2.21. The first-order chi connectivity index (χ1) is 8.76. The molecule has 7 heteroatoms. The molecule has 116 valence electrons. The lowest BCUT2D eigenvalue weighted by Gasteiger charge is -2.19. The van der Waals surface area contributed by atoms with Crippen LogP contribution in [0, 0.1) is 12.8 Å². The topological polar surface area (TPSA) is 72.2 Å². The summed E-state index contributed by atoms with van der Waals surface area (Å²) in [4.78, 5) is 0.295. The first kappa shape index (κ1) is 19.9. The van der Waals surface area contributed by atoms with Crippen LogP contribution in [0.2, 0.25) is 0 Å². The number of hydrogen-bond acceptors (Lipinski definition) is 3. The third-order valence-electron chi connectivity index (χ3n) is 2.80. The molecule has 4 nitrogen and oxygen atoms in total. The molecule has 0 spiro atoms. The van der Waals surface area contributed by atoms with Crippen molar-refractivity contribution in [3.05, 3.63) is 28.2 Å². The first-order valence-electron chi connectivity index (χ1n) is 6.24. The fourth-order valence-corrected chi connectivity index (χ4v) is 3.95. The minimum absolute atomic E-state index is 0. The van der Waals surface area contributed by atoms with Crippen LogP contribution in [0.4, 0.5) is 0 Å². The number of sulfonamides is 1. The summed E-state index contributed by atoms with van der Waals surface area (Å²) in [6.07, 6.45) is 0.725. The van der Waals surface area contributed by atoms with Crippen LogP contribution in [-0.4, -0.2) is 21.0 Å². The van der Waals surface area contributed by atoms with E-state index in [0.717, 1.165) is 16.5 Å². The number of hydrogen-bond donors (Lipinski definition) is 2. The van der Waals surface area contributed by atoms with Crippen molar-refractivity contribution in [2.45, 2.75) is 38.1 Å². The van der Waals surface area contributed by atoms with E-state index in [-0.39, 0.29) is 18.4 Å². The number of nitrogens with two attached hydrogens (primary N) is 1. The lowest BCUT2D eigenvalue weighted by molar-refractivity contribution is 0.465. The third kappa shape index (κ3) is 5.69. The number of aryl methyl sites for hydroxylation is 1. The average Bonchev–Trinajstić information content (AvgIpc) is 2.30. The maximum Gasteiger partial charge on any atom is 0.241 e. The Balaban J connectivity index is 0.00000361. The van der Waals surface area contributed by atoms with Gasteiger partial charge in [0.2, 0.25) is 10.0 Å². The van der Waals surface area contributed by atoms with Crippen molar-refractivity contribution in [1.29, 1.82) is 0 Å². The zero-order valence-electron chi connectivity index (χ0n) is 11.9. The van der Waals surface area contributed by atoms with E-state index in [1.54, 1.807) is 19.1 Å². The van der Waals surface area contributed by atoms with Gasteiger partial charge < -0.3 is 5.73 Å². The normalized spacial score (nSPS) is 13.1. The van der Waals surface area contributed by atoms with E-state index in [9.17, 15) is 8.42 Å². The molecule has 0 aliphatic heterocycles. The molecule has 1 unspecified atom stereocenters. The highest BCUT2D eigenvalue weighted by molar-refractivity contribution is 9.10. The fourth-order valence-electron chi connectivity index (χ4n) is 1.91. The Morgan fingerprint density at radius 1 is 1.35 bits per heavy atom. The summed E-state index contributed by atoms with van der Waals surface area (Å²) in [7, 11) is -3.53. The van der Waals surface area contributed by atoms with E-state index in [4.69, 9.17) is 5.73 Å². The van der Waals surface area contributed by atoms with E-state index < -0.39 is 10.0 Å². The van der Waals surface area contributed by atoms with Crippen molar-refractivity contribution in [3.63, 3.8) is 0 Å². The molecular formula is C13H22BrClN2O2S. The van der Waals surface area contributed by atoms with Gasteiger partial charge >= 0.3 is 0 Å². The lowest BCUT2D eigenvalue weighted by Crippen LogP contribution is -2.41. The van der Waals surface area contributed by atoms with Crippen LogP contribution in [-0.2, 0) is 10.0 Å². The van der Waals surface area contributed by atoms with Gasteiger partial charge in [-0.15, -0.1) is 12.4 Å². The Labute approximate surface area is 136 Å². The quantitative estimate of drug-likeness (QED) is 0.791. The monoisotopic (exact) mass is 384 g/mol. The van der Waals surface area contributed by atoms with Crippen molar-refractivity contribution in [1.82, 2.24) is 4.72 Å². The third-order valence-corrected chi connectivity index (χ3v) is 4.96. The van der Waals surface area contributed by atoms with Gasteiger partial charge in [-0.3, -0.25) is 0 Å². The molecule has 1 aromatic carbocycles. The zero-order valence-corrected chi connectivity index (χ0v) is 15.1. The first-order valence-corrected chi connectivity index (χ1v) is 8.52. The van der Waals surface area contributed by atoms with Gasteiger partial charge in [0.15, 0.2) is 0 Å². The molecule has 0 fully saturated rings. The zero-order chi connectivity index (χ0) is 14.6. The van der Waals surface area contributed by atoms with Crippen LogP contribution < -0.4 is 10.5 Å². The molecule has 1 rings (SSSR count). The molecule has 1 aromatic rings. The Kier molecular flexibility index (Phi) is 8.28. The van der Waals surface area contributed by atoms with Gasteiger partial charge in [-0.25, -0.2) is 13.1 Å². The summed E-state index contributed by atoms with van der Waals surface area (Å²) < 4.78 is 28.2. The summed E-state index contributed by atoms with van der Waals surface area (Å²) in [6, 6.07) is 4.98. The minimum atomic E-state index is -3.53. The molecule has 0 amide bonds. The predicted molar refractivity (Wildman–Crippen MR) is 88.7 cm³/mol. The molecule has 0 heterocycles. The molecule has 0 bridgehead atoms. The van der Waals surface area contributed by atoms with Crippen molar-refractivity contribution >= 4 is 38.4 Å².